The van der Waals surface area contributed by atoms with Crippen LogP contribution in [0.15, 0.2) is 54.7 Å². The zero-order chi connectivity index (χ0) is 14.8. The van der Waals surface area contributed by atoms with Crippen LogP contribution in [0.1, 0.15) is 21.5 Å². The summed E-state index contributed by atoms with van der Waals surface area (Å²) in [5, 5.41) is 1.27. The first-order valence-corrected chi connectivity index (χ1v) is 6.83. The van der Waals surface area contributed by atoms with Crippen molar-refractivity contribution in [1.82, 2.24) is 9.99 Å². The molecule has 3 rings (SSSR count). The first kappa shape index (κ1) is 13.4. The fourth-order valence-electron chi connectivity index (χ4n) is 2.60. The summed E-state index contributed by atoms with van der Waals surface area (Å²) in [7, 11) is 0. The number of carbonyl (C=O) groups excluding carboxylic acids is 1. The van der Waals surface area contributed by atoms with Crippen molar-refractivity contribution in [2.75, 3.05) is 0 Å². The maximum absolute atomic E-state index is 11.4. The van der Waals surface area contributed by atoms with Gasteiger partial charge in [0.25, 0.3) is 5.91 Å². The second-order valence-electron chi connectivity index (χ2n) is 5.13. The largest absolute Gasteiger partial charge is 0.343 e. The molecule has 0 unspecified atom stereocenters. The molecular formula is C17H17N3O. The van der Waals surface area contributed by atoms with Crippen LogP contribution in [0.4, 0.5) is 0 Å². The molecule has 1 heterocycles. The smallest absolute Gasteiger partial charge is 0.265 e. The number of hydrogen-bond donors (Lipinski definition) is 2. The molecule has 3 aromatic rings. The van der Waals surface area contributed by atoms with E-state index in [1.807, 2.05) is 18.2 Å². The summed E-state index contributed by atoms with van der Waals surface area (Å²) in [5.74, 6) is 4.85. The molecule has 0 saturated heterocycles. The van der Waals surface area contributed by atoms with Crippen LogP contribution in [0.25, 0.3) is 10.9 Å². The SMILES string of the molecule is Cc1cn(Cc2ccc(C(=O)NN)cc2)c2ccccc12. The van der Waals surface area contributed by atoms with Crippen molar-refractivity contribution < 1.29 is 4.79 Å². The number of hydrogen-bond acceptors (Lipinski definition) is 2. The van der Waals surface area contributed by atoms with Crippen LogP contribution in [0, 0.1) is 6.92 Å². The molecule has 4 nitrogen and oxygen atoms in total. The Morgan fingerprint density at radius 2 is 1.86 bits per heavy atom. The van der Waals surface area contributed by atoms with Gasteiger partial charge < -0.3 is 4.57 Å². The van der Waals surface area contributed by atoms with Gasteiger partial charge >= 0.3 is 0 Å². The van der Waals surface area contributed by atoms with Gasteiger partial charge in [0.05, 0.1) is 0 Å². The Morgan fingerprint density at radius 3 is 2.57 bits per heavy atom. The first-order chi connectivity index (χ1) is 10.2. The van der Waals surface area contributed by atoms with E-state index in [4.69, 9.17) is 5.84 Å². The van der Waals surface area contributed by atoms with Crippen LogP contribution in [-0.4, -0.2) is 10.5 Å². The highest BCUT2D eigenvalue weighted by Crippen LogP contribution is 2.21. The lowest BCUT2D eigenvalue weighted by Crippen LogP contribution is -2.29. The molecule has 2 aromatic carbocycles. The van der Waals surface area contributed by atoms with Crippen molar-refractivity contribution in [1.29, 1.82) is 0 Å². The molecule has 21 heavy (non-hydrogen) atoms. The molecule has 3 N–H and O–H groups in total. The summed E-state index contributed by atoms with van der Waals surface area (Å²) >= 11 is 0. The highest BCUT2D eigenvalue weighted by molar-refractivity contribution is 5.93. The number of nitrogens with two attached hydrogens (primary N) is 1. The second kappa shape index (κ2) is 5.42. The van der Waals surface area contributed by atoms with Crippen LogP contribution in [0.3, 0.4) is 0 Å². The highest BCUT2D eigenvalue weighted by Gasteiger charge is 2.06. The molecule has 1 aromatic heterocycles. The van der Waals surface area contributed by atoms with Crippen molar-refractivity contribution in [2.24, 2.45) is 5.84 Å². The first-order valence-electron chi connectivity index (χ1n) is 6.83. The maximum atomic E-state index is 11.4. The minimum Gasteiger partial charge on any atom is -0.343 e. The molecule has 106 valence electrons. The lowest BCUT2D eigenvalue weighted by molar-refractivity contribution is 0.0953. The summed E-state index contributed by atoms with van der Waals surface area (Å²) in [6.45, 7) is 2.90. The van der Waals surface area contributed by atoms with Crippen molar-refractivity contribution in [3.63, 3.8) is 0 Å². The van der Waals surface area contributed by atoms with E-state index < -0.39 is 0 Å². The van der Waals surface area contributed by atoms with E-state index in [-0.39, 0.29) is 5.91 Å². The Morgan fingerprint density at radius 1 is 1.14 bits per heavy atom. The predicted octanol–water partition coefficient (Wildman–Crippen LogP) is 2.60. The molecule has 0 aliphatic carbocycles. The van der Waals surface area contributed by atoms with Gasteiger partial charge in [-0.3, -0.25) is 10.2 Å². The lowest BCUT2D eigenvalue weighted by atomic mass is 10.1. The Labute approximate surface area is 123 Å². The fourth-order valence-corrected chi connectivity index (χ4v) is 2.60. The number of carbonyl (C=O) groups is 1. The molecule has 0 fully saturated rings. The molecule has 4 heteroatoms. The number of benzene rings is 2. The van der Waals surface area contributed by atoms with Gasteiger partial charge in [0.15, 0.2) is 0 Å². The van der Waals surface area contributed by atoms with Gasteiger partial charge in [-0.25, -0.2) is 5.84 Å². The minimum absolute atomic E-state index is 0.274. The van der Waals surface area contributed by atoms with Gasteiger partial charge in [-0.15, -0.1) is 0 Å². The number of rotatable bonds is 3. The summed E-state index contributed by atoms with van der Waals surface area (Å²) in [6, 6.07) is 15.8. The van der Waals surface area contributed by atoms with Crippen LogP contribution in [-0.2, 0) is 6.54 Å². The number of hydrazine groups is 1. The van der Waals surface area contributed by atoms with Crippen molar-refractivity contribution >= 4 is 16.8 Å². The van der Waals surface area contributed by atoms with E-state index in [9.17, 15) is 4.79 Å². The molecular weight excluding hydrogens is 262 g/mol. The lowest BCUT2D eigenvalue weighted by Gasteiger charge is -2.06. The molecule has 0 bridgehead atoms. The van der Waals surface area contributed by atoms with Crippen LogP contribution >= 0.6 is 0 Å². The topological polar surface area (TPSA) is 60.0 Å². The van der Waals surface area contributed by atoms with Gasteiger partial charge in [-0.1, -0.05) is 30.3 Å². The third kappa shape index (κ3) is 2.53. The van der Waals surface area contributed by atoms with Gasteiger partial charge in [0.1, 0.15) is 0 Å². The van der Waals surface area contributed by atoms with E-state index in [0.717, 1.165) is 12.1 Å². The number of nitrogen functional groups attached to an aromatic ring is 1. The molecule has 0 radical (unpaired) electrons. The number of aromatic nitrogens is 1. The average molecular weight is 279 g/mol. The van der Waals surface area contributed by atoms with Crippen LogP contribution in [0.5, 0.6) is 0 Å². The minimum atomic E-state index is -0.274. The second-order valence-corrected chi connectivity index (χ2v) is 5.13. The summed E-state index contributed by atoms with van der Waals surface area (Å²) in [5.41, 5.74) is 6.33. The van der Waals surface area contributed by atoms with Gasteiger partial charge in [0, 0.05) is 29.2 Å². The molecule has 0 atom stereocenters. The number of nitrogens with zero attached hydrogens (tertiary/aromatic N) is 1. The molecule has 0 saturated carbocycles. The van der Waals surface area contributed by atoms with E-state index >= 15 is 0 Å². The summed E-state index contributed by atoms with van der Waals surface area (Å²) < 4.78 is 2.22. The molecule has 1 amide bonds. The van der Waals surface area contributed by atoms with E-state index in [2.05, 4.69) is 41.3 Å². The normalized spacial score (nSPS) is 10.8. The fraction of sp³-hybridized carbons (Fsp3) is 0.118. The average Bonchev–Trinajstić information content (AvgIpc) is 2.84. The molecule has 0 spiro atoms. The third-order valence-electron chi connectivity index (χ3n) is 3.69. The highest BCUT2D eigenvalue weighted by atomic mass is 16.2. The van der Waals surface area contributed by atoms with Gasteiger partial charge in [-0.2, -0.15) is 0 Å². The van der Waals surface area contributed by atoms with Crippen LogP contribution < -0.4 is 11.3 Å². The molecule has 0 aliphatic rings. The zero-order valence-corrected chi connectivity index (χ0v) is 11.8. The predicted molar refractivity (Wildman–Crippen MR) is 83.9 cm³/mol. The van der Waals surface area contributed by atoms with Crippen molar-refractivity contribution in [2.45, 2.75) is 13.5 Å². The number of nitrogens with one attached hydrogen (secondary N) is 1. The van der Waals surface area contributed by atoms with Crippen molar-refractivity contribution in [3.05, 3.63) is 71.4 Å². The Bertz CT molecular complexity index is 787. The number of amides is 1. The molecule has 0 aliphatic heterocycles. The zero-order valence-electron chi connectivity index (χ0n) is 11.8. The van der Waals surface area contributed by atoms with Crippen LogP contribution in [0.2, 0.25) is 0 Å². The Balaban J connectivity index is 1.90. The Kier molecular flexibility index (Phi) is 3.46. The number of fused-ring (bicyclic) bond motifs is 1. The van der Waals surface area contributed by atoms with Gasteiger partial charge in [-0.05, 0) is 36.2 Å². The number of aryl methyl sites for hydroxylation is 1. The quantitative estimate of drug-likeness (QED) is 0.440. The van der Waals surface area contributed by atoms with E-state index in [1.54, 1.807) is 12.1 Å². The Hall–Kier alpha value is -2.59. The third-order valence-corrected chi connectivity index (χ3v) is 3.69. The maximum Gasteiger partial charge on any atom is 0.265 e. The summed E-state index contributed by atoms with van der Waals surface area (Å²) in [6.07, 6.45) is 2.16. The van der Waals surface area contributed by atoms with E-state index in [0.29, 0.717) is 5.56 Å². The number of para-hydroxylation sites is 1. The standard InChI is InChI=1S/C17H17N3O/c1-12-10-20(16-5-3-2-4-15(12)16)11-13-6-8-14(9-7-13)17(21)19-18/h2-10H,11,18H2,1H3,(H,19,21). The van der Waals surface area contributed by atoms with E-state index in [1.165, 1.54) is 16.5 Å². The van der Waals surface area contributed by atoms with Gasteiger partial charge in [0.2, 0.25) is 0 Å². The summed E-state index contributed by atoms with van der Waals surface area (Å²) in [4.78, 5) is 11.4. The van der Waals surface area contributed by atoms with Crippen molar-refractivity contribution in [3.8, 4) is 0 Å². The monoisotopic (exact) mass is 279 g/mol.